The molecule has 1 unspecified atom stereocenters. The lowest BCUT2D eigenvalue weighted by molar-refractivity contribution is -0.137. The van der Waals surface area contributed by atoms with E-state index in [1.54, 1.807) is 11.8 Å². The van der Waals surface area contributed by atoms with Crippen LogP contribution in [0.2, 0.25) is 5.02 Å². The van der Waals surface area contributed by atoms with Crippen LogP contribution in [0, 0.1) is 6.92 Å². The first-order valence-electron chi connectivity index (χ1n) is 7.13. The predicted molar refractivity (Wildman–Crippen MR) is 80.9 cm³/mol. The molecule has 0 spiro atoms. The minimum Gasteiger partial charge on any atom is -0.388 e. The number of piperidine rings is 1. The number of benzene rings is 1. The molecule has 4 heteroatoms. The lowest BCUT2D eigenvalue weighted by atomic mass is 9.95. The van der Waals surface area contributed by atoms with Crippen LogP contribution in [0.1, 0.15) is 37.3 Å². The van der Waals surface area contributed by atoms with E-state index in [2.05, 4.69) is 0 Å². The monoisotopic (exact) mass is 295 g/mol. The van der Waals surface area contributed by atoms with Gasteiger partial charge in [0.25, 0.3) is 0 Å². The van der Waals surface area contributed by atoms with Crippen molar-refractivity contribution in [1.82, 2.24) is 4.90 Å². The van der Waals surface area contributed by atoms with E-state index in [0.717, 1.165) is 35.5 Å². The van der Waals surface area contributed by atoms with Crippen LogP contribution in [0.25, 0.3) is 0 Å². The second-order valence-corrected chi connectivity index (χ2v) is 6.41. The highest BCUT2D eigenvalue weighted by Crippen LogP contribution is 2.22. The van der Waals surface area contributed by atoms with E-state index in [-0.39, 0.29) is 5.91 Å². The summed E-state index contributed by atoms with van der Waals surface area (Å²) in [7, 11) is 0. The number of likely N-dealkylation sites (tertiary alicyclic amines) is 1. The zero-order chi connectivity index (χ0) is 14.8. The van der Waals surface area contributed by atoms with Gasteiger partial charge in [-0.25, -0.2) is 0 Å². The van der Waals surface area contributed by atoms with Crippen LogP contribution in [0.3, 0.4) is 0 Å². The lowest BCUT2D eigenvalue weighted by Gasteiger charge is -2.36. The minimum atomic E-state index is -0.735. The first-order chi connectivity index (χ1) is 9.37. The third kappa shape index (κ3) is 3.97. The Balaban J connectivity index is 1.90. The van der Waals surface area contributed by atoms with Crippen molar-refractivity contribution in [2.45, 2.75) is 45.1 Å². The molecule has 1 heterocycles. The molecule has 1 aromatic rings. The van der Waals surface area contributed by atoms with Gasteiger partial charge < -0.3 is 10.0 Å². The van der Waals surface area contributed by atoms with Crippen molar-refractivity contribution in [3.8, 4) is 0 Å². The van der Waals surface area contributed by atoms with Gasteiger partial charge in [-0.1, -0.05) is 23.7 Å². The fourth-order valence-electron chi connectivity index (χ4n) is 2.63. The van der Waals surface area contributed by atoms with Crippen molar-refractivity contribution >= 4 is 17.5 Å². The van der Waals surface area contributed by atoms with Crippen LogP contribution < -0.4 is 0 Å². The van der Waals surface area contributed by atoms with E-state index in [4.69, 9.17) is 11.6 Å². The molecule has 1 aliphatic rings. The Bertz CT molecular complexity index is 499. The molecular weight excluding hydrogens is 274 g/mol. The summed E-state index contributed by atoms with van der Waals surface area (Å²) in [5, 5.41) is 10.8. The summed E-state index contributed by atoms with van der Waals surface area (Å²) in [5.41, 5.74) is 1.40. The van der Waals surface area contributed by atoms with Crippen LogP contribution in [-0.4, -0.2) is 34.6 Å². The van der Waals surface area contributed by atoms with Crippen LogP contribution in [0.5, 0.6) is 0 Å². The Kier molecular flexibility index (Phi) is 4.71. The number of halogens is 1. The zero-order valence-corrected chi connectivity index (χ0v) is 12.9. The number of carbonyl (C=O) groups is 1. The van der Waals surface area contributed by atoms with Crippen molar-refractivity contribution < 1.29 is 9.90 Å². The van der Waals surface area contributed by atoms with Crippen LogP contribution in [0.4, 0.5) is 0 Å². The molecule has 2 rings (SSSR count). The van der Waals surface area contributed by atoms with Gasteiger partial charge in [-0.2, -0.15) is 0 Å². The Morgan fingerprint density at radius 3 is 2.90 bits per heavy atom. The van der Waals surface area contributed by atoms with Crippen molar-refractivity contribution in [2.75, 3.05) is 13.1 Å². The first kappa shape index (κ1) is 15.3. The Labute approximate surface area is 125 Å². The molecule has 0 aliphatic carbocycles. The fourth-order valence-corrected chi connectivity index (χ4v) is 2.84. The molecule has 1 saturated heterocycles. The number of amides is 1. The highest BCUT2D eigenvalue weighted by Gasteiger charge is 2.30. The van der Waals surface area contributed by atoms with Crippen LogP contribution in [0.15, 0.2) is 18.2 Å². The maximum Gasteiger partial charge on any atom is 0.222 e. The van der Waals surface area contributed by atoms with E-state index < -0.39 is 5.60 Å². The van der Waals surface area contributed by atoms with Crippen LogP contribution in [-0.2, 0) is 11.2 Å². The van der Waals surface area contributed by atoms with Gasteiger partial charge in [0.05, 0.1) is 5.60 Å². The van der Waals surface area contributed by atoms with E-state index in [1.807, 2.05) is 25.1 Å². The van der Waals surface area contributed by atoms with E-state index >= 15 is 0 Å². The largest absolute Gasteiger partial charge is 0.388 e. The topological polar surface area (TPSA) is 40.5 Å². The van der Waals surface area contributed by atoms with Crippen molar-refractivity contribution in [3.05, 3.63) is 34.3 Å². The number of hydrogen-bond acceptors (Lipinski definition) is 2. The SMILES string of the molecule is Cc1ccc(CCC(=O)N2CCCC(C)(O)C2)cc1Cl. The smallest absolute Gasteiger partial charge is 0.222 e. The Hall–Kier alpha value is -1.06. The second-order valence-electron chi connectivity index (χ2n) is 6.00. The second kappa shape index (κ2) is 6.15. The third-order valence-corrected chi connectivity index (χ3v) is 4.30. The number of rotatable bonds is 3. The van der Waals surface area contributed by atoms with Gasteiger partial charge in [-0.15, -0.1) is 0 Å². The van der Waals surface area contributed by atoms with Gasteiger partial charge >= 0.3 is 0 Å². The highest BCUT2D eigenvalue weighted by atomic mass is 35.5. The maximum atomic E-state index is 12.2. The molecule has 0 radical (unpaired) electrons. The van der Waals surface area contributed by atoms with Gasteiger partial charge in [-0.3, -0.25) is 4.79 Å². The molecule has 3 nitrogen and oxygen atoms in total. The molecule has 1 amide bonds. The number of carbonyl (C=O) groups excluding carboxylic acids is 1. The summed E-state index contributed by atoms with van der Waals surface area (Å²) in [6.45, 7) is 4.96. The molecule has 0 bridgehead atoms. The summed E-state index contributed by atoms with van der Waals surface area (Å²) in [4.78, 5) is 14.0. The van der Waals surface area contributed by atoms with Gasteiger partial charge in [-0.05, 0) is 50.3 Å². The number of hydrogen-bond donors (Lipinski definition) is 1. The van der Waals surface area contributed by atoms with Gasteiger partial charge in [0.15, 0.2) is 0 Å². The zero-order valence-electron chi connectivity index (χ0n) is 12.2. The molecule has 110 valence electrons. The minimum absolute atomic E-state index is 0.113. The van der Waals surface area contributed by atoms with Crippen LogP contribution >= 0.6 is 11.6 Å². The number of aryl methyl sites for hydroxylation is 2. The van der Waals surface area contributed by atoms with Gasteiger partial charge in [0.1, 0.15) is 0 Å². The third-order valence-electron chi connectivity index (χ3n) is 3.89. The predicted octanol–water partition coefficient (Wildman–Crippen LogP) is 2.95. The summed E-state index contributed by atoms with van der Waals surface area (Å²) < 4.78 is 0. The normalized spacial score (nSPS) is 22.9. The quantitative estimate of drug-likeness (QED) is 0.931. The summed E-state index contributed by atoms with van der Waals surface area (Å²) in [6, 6.07) is 5.92. The molecule has 1 aliphatic heterocycles. The molecule has 1 atom stereocenters. The highest BCUT2D eigenvalue weighted by molar-refractivity contribution is 6.31. The van der Waals surface area contributed by atoms with E-state index in [1.165, 1.54) is 0 Å². The van der Waals surface area contributed by atoms with Gasteiger partial charge in [0, 0.05) is 24.5 Å². The van der Waals surface area contributed by atoms with Gasteiger partial charge in [0.2, 0.25) is 5.91 Å². The molecule has 1 N–H and O–H groups in total. The lowest BCUT2D eigenvalue weighted by Crippen LogP contribution is -2.48. The average Bonchev–Trinajstić information content (AvgIpc) is 2.38. The molecular formula is C16H22ClNO2. The Morgan fingerprint density at radius 2 is 2.25 bits per heavy atom. The number of β-amino-alcohol motifs (C(OH)–C–C–N with tert-alkyl or cyclic N) is 1. The molecule has 0 saturated carbocycles. The summed E-state index contributed by atoms with van der Waals surface area (Å²) in [5.74, 6) is 0.113. The fraction of sp³-hybridized carbons (Fsp3) is 0.562. The molecule has 1 aromatic carbocycles. The summed E-state index contributed by atoms with van der Waals surface area (Å²) >= 11 is 6.09. The number of aliphatic hydroxyl groups is 1. The van der Waals surface area contributed by atoms with Crippen molar-refractivity contribution in [2.24, 2.45) is 0 Å². The molecule has 0 aromatic heterocycles. The Morgan fingerprint density at radius 1 is 1.50 bits per heavy atom. The summed E-state index contributed by atoms with van der Waals surface area (Å²) in [6.07, 6.45) is 2.80. The average molecular weight is 296 g/mol. The van der Waals surface area contributed by atoms with E-state index in [0.29, 0.717) is 19.4 Å². The number of nitrogens with zero attached hydrogens (tertiary/aromatic N) is 1. The van der Waals surface area contributed by atoms with Crippen molar-refractivity contribution in [1.29, 1.82) is 0 Å². The standard InChI is InChI=1S/C16H22ClNO2/c1-12-4-5-13(10-14(12)17)6-7-15(19)18-9-3-8-16(2,20)11-18/h4-5,10,20H,3,6-9,11H2,1-2H3. The first-order valence-corrected chi connectivity index (χ1v) is 7.50. The van der Waals surface area contributed by atoms with Crippen molar-refractivity contribution in [3.63, 3.8) is 0 Å². The molecule has 1 fully saturated rings. The molecule has 20 heavy (non-hydrogen) atoms. The maximum absolute atomic E-state index is 12.2. The van der Waals surface area contributed by atoms with E-state index in [9.17, 15) is 9.90 Å².